The van der Waals surface area contributed by atoms with E-state index in [1.165, 1.54) is 25.7 Å². The molecule has 0 aromatic carbocycles. The normalized spacial score (nSPS) is 48.5. The molecule has 0 bridgehead atoms. The van der Waals surface area contributed by atoms with Crippen LogP contribution in [0.3, 0.4) is 0 Å². The van der Waals surface area contributed by atoms with Crippen molar-refractivity contribution in [1.29, 1.82) is 0 Å². The lowest BCUT2D eigenvalue weighted by atomic mass is 9.43. The molecule has 4 aliphatic carbocycles. The van der Waals surface area contributed by atoms with Crippen LogP contribution in [0.5, 0.6) is 0 Å². The molecule has 0 radical (unpaired) electrons. The van der Waals surface area contributed by atoms with E-state index >= 15 is 0 Å². The van der Waals surface area contributed by atoms with Crippen molar-refractivity contribution in [2.45, 2.75) is 97.2 Å². The summed E-state index contributed by atoms with van der Waals surface area (Å²) in [4.78, 5) is 14.8. The number of rotatable bonds is 4. The predicted octanol–water partition coefficient (Wildman–Crippen LogP) is 3.83. The second-order valence-electron chi connectivity index (χ2n) is 13.0. The van der Waals surface area contributed by atoms with Gasteiger partial charge in [0.1, 0.15) is 0 Å². The Hall–Kier alpha value is -0.650. The summed E-state index contributed by atoms with van der Waals surface area (Å²) in [5, 5.41) is 25.3. The van der Waals surface area contributed by atoms with Crippen LogP contribution < -0.4 is 5.32 Å². The summed E-state index contributed by atoms with van der Waals surface area (Å²) in [6, 6.07) is 0. The molecule has 0 spiro atoms. The first-order chi connectivity index (χ1) is 15.7. The molecule has 5 aliphatic rings. The van der Waals surface area contributed by atoms with E-state index < -0.39 is 0 Å². The molecular formula is C28H48N2O3. The minimum atomic E-state index is -0.231. The number of aliphatic hydroxyl groups is 2. The molecule has 5 fully saturated rings. The van der Waals surface area contributed by atoms with Gasteiger partial charge in [0.25, 0.3) is 0 Å². The summed E-state index contributed by atoms with van der Waals surface area (Å²) < 4.78 is 0. The maximum Gasteiger partial charge on any atom is 0.222 e. The Bertz CT molecular complexity index is 724. The average molecular weight is 461 g/mol. The van der Waals surface area contributed by atoms with E-state index in [1.54, 1.807) is 0 Å². The van der Waals surface area contributed by atoms with Crippen molar-refractivity contribution in [2.24, 2.45) is 46.3 Å². The van der Waals surface area contributed by atoms with Gasteiger partial charge in [-0.1, -0.05) is 20.8 Å². The van der Waals surface area contributed by atoms with Gasteiger partial charge in [-0.15, -0.1) is 0 Å². The molecule has 4 saturated carbocycles. The van der Waals surface area contributed by atoms with Gasteiger partial charge in [0.2, 0.25) is 5.91 Å². The van der Waals surface area contributed by atoms with Gasteiger partial charge in [-0.05, 0) is 104 Å². The molecule has 0 unspecified atom stereocenters. The molecule has 5 heteroatoms. The molecule has 0 aromatic heterocycles. The van der Waals surface area contributed by atoms with Crippen LogP contribution >= 0.6 is 0 Å². The fourth-order valence-corrected chi connectivity index (χ4v) is 9.78. The average Bonchev–Trinajstić information content (AvgIpc) is 3.18. The Morgan fingerprint density at radius 1 is 1.03 bits per heavy atom. The van der Waals surface area contributed by atoms with E-state index in [0.717, 1.165) is 64.2 Å². The zero-order valence-electron chi connectivity index (χ0n) is 21.3. The van der Waals surface area contributed by atoms with Crippen molar-refractivity contribution >= 4 is 5.91 Å². The van der Waals surface area contributed by atoms with Gasteiger partial charge in [-0.3, -0.25) is 4.79 Å². The molecule has 188 valence electrons. The molecule has 1 amide bonds. The van der Waals surface area contributed by atoms with Crippen molar-refractivity contribution in [3.63, 3.8) is 0 Å². The minimum Gasteiger partial charge on any atom is -0.393 e. The van der Waals surface area contributed by atoms with Crippen LogP contribution in [0, 0.1) is 46.3 Å². The number of hydrogen-bond acceptors (Lipinski definition) is 4. The fourth-order valence-electron chi connectivity index (χ4n) is 9.78. The van der Waals surface area contributed by atoms with E-state index in [9.17, 15) is 15.0 Å². The minimum absolute atomic E-state index is 0.00392. The molecule has 5 nitrogen and oxygen atoms in total. The van der Waals surface area contributed by atoms with E-state index in [-0.39, 0.29) is 17.6 Å². The fraction of sp³-hybridized carbons (Fsp3) is 0.964. The Kier molecular flexibility index (Phi) is 6.63. The maximum absolute atomic E-state index is 12.8. The van der Waals surface area contributed by atoms with Crippen LogP contribution in [0.15, 0.2) is 0 Å². The van der Waals surface area contributed by atoms with E-state index in [4.69, 9.17) is 0 Å². The van der Waals surface area contributed by atoms with E-state index in [1.807, 2.05) is 4.90 Å². The zero-order chi connectivity index (χ0) is 23.4. The van der Waals surface area contributed by atoms with Crippen LogP contribution in [-0.4, -0.2) is 59.4 Å². The lowest BCUT2D eigenvalue weighted by molar-refractivity contribution is -0.175. The van der Waals surface area contributed by atoms with Crippen molar-refractivity contribution in [1.82, 2.24) is 10.2 Å². The van der Waals surface area contributed by atoms with Crippen molar-refractivity contribution in [2.75, 3.05) is 26.2 Å². The maximum atomic E-state index is 12.8. The third-order valence-electron chi connectivity index (χ3n) is 11.8. The summed E-state index contributed by atoms with van der Waals surface area (Å²) in [5.41, 5.74) is 0.292. The van der Waals surface area contributed by atoms with Crippen LogP contribution in [-0.2, 0) is 4.79 Å². The monoisotopic (exact) mass is 460 g/mol. The lowest BCUT2D eigenvalue weighted by Gasteiger charge is -2.62. The summed E-state index contributed by atoms with van der Waals surface area (Å²) in [5.74, 6) is 3.91. The van der Waals surface area contributed by atoms with E-state index in [2.05, 4.69) is 26.1 Å². The molecule has 33 heavy (non-hydrogen) atoms. The molecule has 1 aliphatic heterocycles. The molecule has 3 N–H and O–H groups in total. The number of carbonyl (C=O) groups excluding carboxylic acids is 1. The van der Waals surface area contributed by atoms with Crippen LogP contribution in [0.1, 0.15) is 85.0 Å². The summed E-state index contributed by atoms with van der Waals surface area (Å²) >= 11 is 0. The van der Waals surface area contributed by atoms with Crippen LogP contribution in [0.4, 0.5) is 0 Å². The van der Waals surface area contributed by atoms with E-state index in [0.29, 0.717) is 47.3 Å². The van der Waals surface area contributed by atoms with Crippen LogP contribution in [0.25, 0.3) is 0 Å². The third kappa shape index (κ3) is 3.98. The van der Waals surface area contributed by atoms with Gasteiger partial charge in [-0.2, -0.15) is 0 Å². The van der Waals surface area contributed by atoms with Gasteiger partial charge in [0.15, 0.2) is 0 Å². The number of nitrogens with one attached hydrogen (secondary N) is 1. The van der Waals surface area contributed by atoms with Gasteiger partial charge in [0.05, 0.1) is 12.2 Å². The second-order valence-corrected chi connectivity index (χ2v) is 13.0. The molecule has 1 heterocycles. The van der Waals surface area contributed by atoms with Crippen LogP contribution in [0.2, 0.25) is 0 Å². The summed E-state index contributed by atoms with van der Waals surface area (Å²) in [6.07, 6.45) is 10.3. The number of hydrogen-bond donors (Lipinski definition) is 3. The highest BCUT2D eigenvalue weighted by atomic mass is 16.3. The molecular weight excluding hydrogens is 412 g/mol. The highest BCUT2D eigenvalue weighted by molar-refractivity contribution is 5.76. The number of piperazine rings is 1. The number of carbonyl (C=O) groups is 1. The molecule has 0 aromatic rings. The van der Waals surface area contributed by atoms with Crippen molar-refractivity contribution in [3.05, 3.63) is 0 Å². The highest BCUT2D eigenvalue weighted by Gasteiger charge is 2.63. The Morgan fingerprint density at radius 3 is 2.55 bits per heavy atom. The second kappa shape index (κ2) is 9.09. The third-order valence-corrected chi connectivity index (χ3v) is 11.8. The molecule has 5 rings (SSSR count). The smallest absolute Gasteiger partial charge is 0.222 e. The zero-order valence-corrected chi connectivity index (χ0v) is 21.3. The SMILES string of the molecule is C[C@H](CCC(=O)N1CCNCC1)[C@H]1CC[C@H]2[C@@H]3CC[C@@H]4C[C@H](O)CC[C@]4(C)[C@H]3C[C@H](O)[C@]12C. The molecule has 10 atom stereocenters. The Labute approximate surface area is 201 Å². The summed E-state index contributed by atoms with van der Waals surface area (Å²) in [6.45, 7) is 10.8. The molecule has 1 saturated heterocycles. The van der Waals surface area contributed by atoms with Gasteiger partial charge in [0, 0.05) is 32.6 Å². The van der Waals surface area contributed by atoms with Crippen molar-refractivity contribution < 1.29 is 15.0 Å². The number of amides is 1. The van der Waals surface area contributed by atoms with Crippen molar-refractivity contribution in [3.8, 4) is 0 Å². The lowest BCUT2D eigenvalue weighted by Crippen LogP contribution is -2.58. The van der Waals surface area contributed by atoms with Gasteiger partial charge < -0.3 is 20.4 Å². The topological polar surface area (TPSA) is 72.8 Å². The van der Waals surface area contributed by atoms with Gasteiger partial charge in [-0.25, -0.2) is 0 Å². The quantitative estimate of drug-likeness (QED) is 0.596. The first-order valence-electron chi connectivity index (χ1n) is 14.1. The summed E-state index contributed by atoms with van der Waals surface area (Å²) in [7, 11) is 0. The Morgan fingerprint density at radius 2 is 1.79 bits per heavy atom. The highest BCUT2D eigenvalue weighted by Crippen LogP contribution is 2.68. The standard InChI is InChI=1S/C28H48N2O3/c1-18(4-9-26(33)30-14-12-29-13-15-30)22-7-8-23-21-6-5-19-16-20(31)10-11-27(19,2)24(21)17-25(32)28(22,23)3/h18-25,29,31-32H,4-17H2,1-3H3/t18-,19-,20-,21+,22-,23+,24+,25+,27+,28-/m1/s1. The Balaban J connectivity index is 1.27. The van der Waals surface area contributed by atoms with Gasteiger partial charge >= 0.3 is 0 Å². The predicted molar refractivity (Wildman–Crippen MR) is 130 cm³/mol. The largest absolute Gasteiger partial charge is 0.393 e. The number of aliphatic hydroxyl groups excluding tert-OH is 2. The number of nitrogens with zero attached hydrogens (tertiary/aromatic N) is 1. The first-order valence-corrected chi connectivity index (χ1v) is 14.1. The first kappa shape index (κ1) is 24.1. The number of fused-ring (bicyclic) bond motifs is 5.